The maximum Gasteiger partial charge on any atom is 0.132 e. The van der Waals surface area contributed by atoms with Crippen molar-refractivity contribution in [2.24, 2.45) is 0 Å². The van der Waals surface area contributed by atoms with Crippen molar-refractivity contribution >= 4 is 22.5 Å². The summed E-state index contributed by atoms with van der Waals surface area (Å²) in [4.78, 5) is 0. The molecule has 1 N–H and O–H groups in total. The molecular formula is C16H15ClN2. The number of aromatic nitrogens is 2. The van der Waals surface area contributed by atoms with Gasteiger partial charge in [-0.15, -0.1) is 0 Å². The summed E-state index contributed by atoms with van der Waals surface area (Å²) in [6.45, 7) is 2.21. The van der Waals surface area contributed by atoms with Gasteiger partial charge in [-0.05, 0) is 29.7 Å². The van der Waals surface area contributed by atoms with E-state index in [2.05, 4.69) is 53.5 Å². The van der Waals surface area contributed by atoms with Crippen molar-refractivity contribution in [1.29, 1.82) is 0 Å². The van der Waals surface area contributed by atoms with Crippen LogP contribution in [0.15, 0.2) is 48.5 Å². The van der Waals surface area contributed by atoms with E-state index in [4.69, 9.17) is 11.6 Å². The van der Waals surface area contributed by atoms with E-state index >= 15 is 0 Å². The lowest BCUT2D eigenvalue weighted by Crippen LogP contribution is -1.99. The number of nitrogens with zero attached hydrogens (tertiary/aromatic N) is 1. The summed E-state index contributed by atoms with van der Waals surface area (Å²) in [5, 5.41) is 8.58. The van der Waals surface area contributed by atoms with E-state index in [1.54, 1.807) is 0 Å². The fraction of sp³-hybridized carbons (Fsp3) is 0.188. The maximum absolute atomic E-state index is 6.12. The highest BCUT2D eigenvalue weighted by Crippen LogP contribution is 2.31. The van der Waals surface area contributed by atoms with Crippen LogP contribution in [-0.4, -0.2) is 10.2 Å². The third-order valence-electron chi connectivity index (χ3n) is 3.54. The molecule has 0 aliphatic rings. The van der Waals surface area contributed by atoms with Crippen LogP contribution in [0.1, 0.15) is 30.4 Å². The molecule has 3 rings (SSSR count). The van der Waals surface area contributed by atoms with Crippen LogP contribution in [0.25, 0.3) is 10.9 Å². The first-order chi connectivity index (χ1) is 9.29. The molecule has 96 valence electrons. The molecule has 3 heteroatoms. The van der Waals surface area contributed by atoms with Gasteiger partial charge in [0, 0.05) is 11.3 Å². The molecule has 0 saturated carbocycles. The smallest absolute Gasteiger partial charge is 0.132 e. The fourth-order valence-electron chi connectivity index (χ4n) is 2.56. The van der Waals surface area contributed by atoms with E-state index in [1.165, 1.54) is 11.1 Å². The van der Waals surface area contributed by atoms with Gasteiger partial charge in [0.15, 0.2) is 0 Å². The second-order valence-electron chi connectivity index (χ2n) is 4.69. The summed E-state index contributed by atoms with van der Waals surface area (Å²) < 4.78 is 0. The zero-order valence-electron chi connectivity index (χ0n) is 10.7. The van der Waals surface area contributed by atoms with Crippen LogP contribution in [0.4, 0.5) is 0 Å². The molecule has 0 aliphatic carbocycles. The molecule has 0 amide bonds. The molecule has 3 aromatic rings. The molecule has 1 atom stereocenters. The monoisotopic (exact) mass is 270 g/mol. The Kier molecular flexibility index (Phi) is 3.26. The predicted molar refractivity (Wildman–Crippen MR) is 79.7 cm³/mol. The van der Waals surface area contributed by atoms with Gasteiger partial charge in [0.1, 0.15) is 5.15 Å². The molecule has 0 fully saturated rings. The van der Waals surface area contributed by atoms with Crippen molar-refractivity contribution in [1.82, 2.24) is 10.2 Å². The molecule has 1 heterocycles. The molecule has 0 saturated heterocycles. The van der Waals surface area contributed by atoms with E-state index in [0.717, 1.165) is 17.3 Å². The summed E-state index contributed by atoms with van der Waals surface area (Å²) in [6, 6.07) is 16.9. The first-order valence-corrected chi connectivity index (χ1v) is 6.86. The van der Waals surface area contributed by atoms with E-state index < -0.39 is 0 Å². The Morgan fingerprint density at radius 3 is 2.63 bits per heavy atom. The first kappa shape index (κ1) is 12.2. The van der Waals surface area contributed by atoms with Gasteiger partial charge in [-0.1, -0.05) is 54.9 Å². The predicted octanol–water partition coefficient (Wildman–Crippen LogP) is 4.76. The Hall–Kier alpha value is -1.80. The zero-order chi connectivity index (χ0) is 13.2. The average molecular weight is 271 g/mol. The highest BCUT2D eigenvalue weighted by molar-refractivity contribution is 6.34. The fourth-order valence-corrected chi connectivity index (χ4v) is 2.76. The van der Waals surface area contributed by atoms with Gasteiger partial charge in [-0.2, -0.15) is 5.10 Å². The summed E-state index contributed by atoms with van der Waals surface area (Å²) >= 11 is 6.12. The second kappa shape index (κ2) is 5.06. The van der Waals surface area contributed by atoms with E-state index in [1.807, 2.05) is 12.1 Å². The molecule has 2 nitrogen and oxygen atoms in total. The molecule has 0 radical (unpaired) electrons. The summed E-state index contributed by atoms with van der Waals surface area (Å²) in [5.41, 5.74) is 3.53. The van der Waals surface area contributed by atoms with Crippen LogP contribution in [0, 0.1) is 0 Å². The van der Waals surface area contributed by atoms with Crippen LogP contribution in [0.5, 0.6) is 0 Å². The van der Waals surface area contributed by atoms with Crippen LogP contribution < -0.4 is 0 Å². The maximum atomic E-state index is 6.12. The molecule has 0 bridgehead atoms. The number of rotatable bonds is 3. The zero-order valence-corrected chi connectivity index (χ0v) is 11.5. The minimum absolute atomic E-state index is 0.400. The molecule has 0 spiro atoms. The molecular weight excluding hydrogens is 256 g/mol. The average Bonchev–Trinajstić information content (AvgIpc) is 2.82. The van der Waals surface area contributed by atoms with E-state index in [9.17, 15) is 0 Å². The molecule has 1 aromatic heterocycles. The van der Waals surface area contributed by atoms with Gasteiger partial charge < -0.3 is 0 Å². The lowest BCUT2D eigenvalue weighted by atomic mass is 9.89. The number of hydrogen-bond donors (Lipinski definition) is 1. The largest absolute Gasteiger partial charge is 0.266 e. The van der Waals surface area contributed by atoms with Crippen molar-refractivity contribution < 1.29 is 0 Å². The van der Waals surface area contributed by atoms with Gasteiger partial charge in [-0.25, -0.2) is 0 Å². The van der Waals surface area contributed by atoms with Crippen LogP contribution in [-0.2, 0) is 0 Å². The summed E-state index contributed by atoms with van der Waals surface area (Å²) in [7, 11) is 0. The Bertz CT molecular complexity index is 688. The number of hydrogen-bond acceptors (Lipinski definition) is 1. The third kappa shape index (κ3) is 2.24. The number of halogens is 1. The van der Waals surface area contributed by atoms with Gasteiger partial charge in [0.05, 0.1) is 5.52 Å². The van der Waals surface area contributed by atoms with Gasteiger partial charge >= 0.3 is 0 Å². The van der Waals surface area contributed by atoms with Gasteiger partial charge in [0.25, 0.3) is 0 Å². The van der Waals surface area contributed by atoms with Gasteiger partial charge in [0.2, 0.25) is 0 Å². The molecule has 0 aliphatic heterocycles. The standard InChI is InChI=1S/C16H15ClN2/c1-2-13(11-6-4-3-5-7-11)12-8-9-15-14(10-12)16(17)19-18-15/h3-10,13H,2H2,1H3,(H,18,19). The van der Waals surface area contributed by atoms with Crippen molar-refractivity contribution in [3.63, 3.8) is 0 Å². The number of aromatic amines is 1. The second-order valence-corrected chi connectivity index (χ2v) is 5.06. The molecule has 1 unspecified atom stereocenters. The summed E-state index contributed by atoms with van der Waals surface area (Å²) in [6.07, 6.45) is 1.06. The Morgan fingerprint density at radius 1 is 1.11 bits per heavy atom. The first-order valence-electron chi connectivity index (χ1n) is 6.48. The Labute approximate surface area is 117 Å². The highest BCUT2D eigenvalue weighted by atomic mass is 35.5. The highest BCUT2D eigenvalue weighted by Gasteiger charge is 2.13. The SMILES string of the molecule is CCC(c1ccccc1)c1ccc2n[nH]c(Cl)c2c1. The minimum Gasteiger partial charge on any atom is -0.266 e. The number of nitrogens with one attached hydrogen (secondary N) is 1. The van der Waals surface area contributed by atoms with Crippen molar-refractivity contribution in [3.05, 3.63) is 64.8 Å². The Balaban J connectivity index is 2.08. The van der Waals surface area contributed by atoms with Gasteiger partial charge in [-0.3, -0.25) is 5.10 Å². The minimum atomic E-state index is 0.400. The normalized spacial score (nSPS) is 12.7. The van der Waals surface area contributed by atoms with Crippen LogP contribution >= 0.6 is 11.6 Å². The lowest BCUT2D eigenvalue weighted by Gasteiger charge is -2.16. The van der Waals surface area contributed by atoms with Crippen molar-refractivity contribution in [2.45, 2.75) is 19.3 Å². The lowest BCUT2D eigenvalue weighted by molar-refractivity contribution is 0.778. The quantitative estimate of drug-likeness (QED) is 0.730. The van der Waals surface area contributed by atoms with E-state index in [0.29, 0.717) is 11.1 Å². The third-order valence-corrected chi connectivity index (χ3v) is 3.83. The topological polar surface area (TPSA) is 28.7 Å². The number of fused-ring (bicyclic) bond motifs is 1. The van der Waals surface area contributed by atoms with Crippen molar-refractivity contribution in [2.75, 3.05) is 0 Å². The van der Waals surface area contributed by atoms with Crippen LogP contribution in [0.2, 0.25) is 5.15 Å². The van der Waals surface area contributed by atoms with E-state index in [-0.39, 0.29) is 0 Å². The summed E-state index contributed by atoms with van der Waals surface area (Å²) in [5.74, 6) is 0.400. The number of benzene rings is 2. The molecule has 19 heavy (non-hydrogen) atoms. The van der Waals surface area contributed by atoms with Crippen molar-refractivity contribution in [3.8, 4) is 0 Å². The Morgan fingerprint density at radius 2 is 1.89 bits per heavy atom. The number of H-pyrrole nitrogens is 1. The molecule has 2 aromatic carbocycles. The van der Waals surface area contributed by atoms with Crippen LogP contribution in [0.3, 0.4) is 0 Å².